The van der Waals surface area contributed by atoms with Gasteiger partial charge in [-0.1, -0.05) is 24.6 Å². The Bertz CT molecular complexity index is 811. The molecule has 0 aromatic carbocycles. The molecule has 0 bridgehead atoms. The van der Waals surface area contributed by atoms with Crippen molar-refractivity contribution in [3.05, 3.63) is 57.7 Å². The molecule has 3 nitrogen and oxygen atoms in total. The van der Waals surface area contributed by atoms with Gasteiger partial charge in [0.1, 0.15) is 0 Å². The maximum Gasteiger partial charge on any atom is 0.0372 e. The molecule has 1 aliphatic heterocycles. The summed E-state index contributed by atoms with van der Waals surface area (Å²) in [4.78, 5) is 6.92. The molecule has 0 spiro atoms. The Morgan fingerprint density at radius 3 is 2.80 bits per heavy atom. The lowest BCUT2D eigenvalue weighted by Gasteiger charge is -2.24. The molecule has 1 atom stereocenters. The fraction of sp³-hybridized carbons (Fsp3) is 0.500. The molecule has 2 aromatic rings. The van der Waals surface area contributed by atoms with Crippen molar-refractivity contribution >= 4 is 6.08 Å². The third-order valence-corrected chi connectivity index (χ3v) is 6.04. The Hall–Kier alpha value is -1.87. The third kappa shape index (κ3) is 3.06. The monoisotopic (exact) mass is 335 g/mol. The second-order valence-corrected chi connectivity index (χ2v) is 7.98. The van der Waals surface area contributed by atoms with E-state index in [0.29, 0.717) is 5.92 Å². The van der Waals surface area contributed by atoms with E-state index < -0.39 is 0 Å². The van der Waals surface area contributed by atoms with E-state index in [0.717, 1.165) is 25.2 Å². The summed E-state index contributed by atoms with van der Waals surface area (Å²) in [5, 5.41) is 0. The van der Waals surface area contributed by atoms with Crippen molar-refractivity contribution in [2.24, 2.45) is 5.92 Å². The first-order valence-electron chi connectivity index (χ1n) is 9.54. The van der Waals surface area contributed by atoms with Gasteiger partial charge in [-0.15, -0.1) is 0 Å². The van der Waals surface area contributed by atoms with Gasteiger partial charge in [0.2, 0.25) is 0 Å². The first-order valence-corrected chi connectivity index (χ1v) is 9.54. The highest BCUT2D eigenvalue weighted by molar-refractivity contribution is 5.64. The summed E-state index contributed by atoms with van der Waals surface area (Å²) in [6.07, 6.45) is 7.92. The molecule has 0 saturated carbocycles. The molecule has 3 heteroatoms. The first-order chi connectivity index (χ1) is 12.0. The third-order valence-electron chi connectivity index (χ3n) is 6.04. The molecule has 2 aromatic heterocycles. The van der Waals surface area contributed by atoms with Crippen molar-refractivity contribution in [1.82, 2.24) is 14.5 Å². The fourth-order valence-corrected chi connectivity index (χ4v) is 4.28. The van der Waals surface area contributed by atoms with Gasteiger partial charge in [-0.3, -0.25) is 4.98 Å². The van der Waals surface area contributed by atoms with E-state index >= 15 is 0 Å². The lowest BCUT2D eigenvalue weighted by molar-refractivity contribution is 0.307. The van der Waals surface area contributed by atoms with Gasteiger partial charge in [0.05, 0.1) is 0 Å². The minimum atomic E-state index is 0.654. The number of hydrogen-bond acceptors (Lipinski definition) is 2. The highest BCUT2D eigenvalue weighted by atomic mass is 15.1. The minimum absolute atomic E-state index is 0.654. The zero-order chi connectivity index (χ0) is 17.6. The van der Waals surface area contributed by atoms with Crippen molar-refractivity contribution in [2.45, 2.75) is 53.1 Å². The van der Waals surface area contributed by atoms with Gasteiger partial charge in [0.15, 0.2) is 0 Å². The highest BCUT2D eigenvalue weighted by Crippen LogP contribution is 2.36. The zero-order valence-corrected chi connectivity index (χ0v) is 16.0. The molecule has 0 N–H and O–H groups in total. The van der Waals surface area contributed by atoms with Crippen LogP contribution in [0.25, 0.3) is 6.08 Å². The summed E-state index contributed by atoms with van der Waals surface area (Å²) in [5.74, 6) is 0.654. The molecule has 4 rings (SSSR count). The van der Waals surface area contributed by atoms with Crippen molar-refractivity contribution in [3.8, 4) is 0 Å². The van der Waals surface area contributed by atoms with E-state index in [1.165, 1.54) is 36.1 Å². The summed E-state index contributed by atoms with van der Waals surface area (Å²) in [5.41, 5.74) is 10.2. The molecule has 0 radical (unpaired) electrons. The summed E-state index contributed by atoms with van der Waals surface area (Å²) in [6.45, 7) is 10.0. The number of rotatable bonds is 3. The molecule has 25 heavy (non-hydrogen) atoms. The second kappa shape index (κ2) is 6.45. The Morgan fingerprint density at radius 1 is 1.20 bits per heavy atom. The van der Waals surface area contributed by atoms with E-state index in [4.69, 9.17) is 0 Å². The SMILES string of the molecule is CC1=Cc2c3c(n(CCc4ccc(C)nc4)c2CC1C)CCN(C)C3. The van der Waals surface area contributed by atoms with Crippen LogP contribution >= 0.6 is 0 Å². The number of hydrogen-bond donors (Lipinski definition) is 0. The molecule has 0 fully saturated rings. The van der Waals surface area contributed by atoms with Gasteiger partial charge in [-0.2, -0.15) is 0 Å². The van der Waals surface area contributed by atoms with Gasteiger partial charge >= 0.3 is 0 Å². The summed E-state index contributed by atoms with van der Waals surface area (Å²) < 4.78 is 2.65. The van der Waals surface area contributed by atoms with Crippen LogP contribution in [0.2, 0.25) is 0 Å². The van der Waals surface area contributed by atoms with Crippen molar-refractivity contribution in [2.75, 3.05) is 13.6 Å². The van der Waals surface area contributed by atoms with Gasteiger partial charge in [0.25, 0.3) is 0 Å². The second-order valence-electron chi connectivity index (χ2n) is 7.98. The lowest BCUT2D eigenvalue weighted by Crippen LogP contribution is -2.27. The highest BCUT2D eigenvalue weighted by Gasteiger charge is 2.28. The normalized spacial score (nSPS) is 20.2. The average molecular weight is 335 g/mol. The molecule has 3 heterocycles. The van der Waals surface area contributed by atoms with Crippen LogP contribution in [0, 0.1) is 12.8 Å². The number of aryl methyl sites for hydroxylation is 2. The van der Waals surface area contributed by atoms with E-state index in [1.807, 2.05) is 6.20 Å². The van der Waals surface area contributed by atoms with E-state index in [1.54, 1.807) is 17.0 Å². The molecule has 2 aliphatic rings. The molecule has 132 valence electrons. The minimum Gasteiger partial charge on any atom is -0.347 e. The van der Waals surface area contributed by atoms with Crippen LogP contribution in [0.4, 0.5) is 0 Å². The van der Waals surface area contributed by atoms with Crippen molar-refractivity contribution in [1.29, 1.82) is 0 Å². The zero-order valence-electron chi connectivity index (χ0n) is 16.0. The van der Waals surface area contributed by atoms with Crippen molar-refractivity contribution < 1.29 is 0 Å². The lowest BCUT2D eigenvalue weighted by atomic mass is 9.87. The smallest absolute Gasteiger partial charge is 0.0372 e. The predicted octanol–water partition coefficient (Wildman–Crippen LogP) is 4.02. The van der Waals surface area contributed by atoms with Crippen LogP contribution in [-0.4, -0.2) is 28.0 Å². The first kappa shape index (κ1) is 16.6. The fourth-order valence-electron chi connectivity index (χ4n) is 4.28. The number of allylic oxidation sites excluding steroid dienone is 1. The summed E-state index contributed by atoms with van der Waals surface area (Å²) in [7, 11) is 2.24. The van der Waals surface area contributed by atoms with E-state index in [9.17, 15) is 0 Å². The molecule has 1 unspecified atom stereocenters. The Balaban J connectivity index is 1.70. The average Bonchev–Trinajstić information content (AvgIpc) is 2.87. The molecule has 0 saturated heterocycles. The maximum atomic E-state index is 4.46. The van der Waals surface area contributed by atoms with Gasteiger partial charge in [-0.25, -0.2) is 0 Å². The van der Waals surface area contributed by atoms with Crippen LogP contribution in [0.3, 0.4) is 0 Å². The van der Waals surface area contributed by atoms with E-state index in [-0.39, 0.29) is 0 Å². The summed E-state index contributed by atoms with van der Waals surface area (Å²) >= 11 is 0. The number of pyridine rings is 1. The molecular formula is C22H29N3. The maximum absolute atomic E-state index is 4.46. The van der Waals surface area contributed by atoms with Crippen LogP contribution in [0.15, 0.2) is 23.9 Å². The Kier molecular flexibility index (Phi) is 4.28. The largest absolute Gasteiger partial charge is 0.347 e. The quantitative estimate of drug-likeness (QED) is 0.845. The molecule has 0 amide bonds. The summed E-state index contributed by atoms with van der Waals surface area (Å²) in [6, 6.07) is 4.35. The van der Waals surface area contributed by atoms with E-state index in [2.05, 4.69) is 60.5 Å². The molecule has 1 aliphatic carbocycles. The number of aromatic nitrogens is 2. The van der Waals surface area contributed by atoms with Crippen LogP contribution in [-0.2, 0) is 32.4 Å². The topological polar surface area (TPSA) is 21.1 Å². The van der Waals surface area contributed by atoms with Gasteiger partial charge in [0, 0.05) is 54.9 Å². The number of fused-ring (bicyclic) bond motifs is 3. The molecular weight excluding hydrogens is 306 g/mol. The van der Waals surface area contributed by atoms with Crippen LogP contribution < -0.4 is 0 Å². The standard InChI is InChI=1S/C22H29N3/c1-15-11-19-20-14-24(4)9-8-21(20)25(22(19)12-16(15)2)10-7-18-6-5-17(3)23-13-18/h5-6,11,13,16H,7-10,12,14H2,1-4H3. The van der Waals surface area contributed by atoms with Crippen LogP contribution in [0.1, 0.15) is 47.6 Å². The predicted molar refractivity (Wildman–Crippen MR) is 104 cm³/mol. The Labute approximate surface area is 151 Å². The van der Waals surface area contributed by atoms with Gasteiger partial charge < -0.3 is 9.47 Å². The Morgan fingerprint density at radius 2 is 2.04 bits per heavy atom. The number of likely N-dealkylation sites (N-methyl/N-ethyl adjacent to an activating group) is 1. The van der Waals surface area contributed by atoms with Gasteiger partial charge in [-0.05, 0) is 56.8 Å². The van der Waals surface area contributed by atoms with Crippen molar-refractivity contribution in [3.63, 3.8) is 0 Å². The number of nitrogens with zero attached hydrogens (tertiary/aromatic N) is 3. The van der Waals surface area contributed by atoms with Crippen LogP contribution in [0.5, 0.6) is 0 Å².